The summed E-state index contributed by atoms with van der Waals surface area (Å²) in [7, 11) is 0. The molecule has 1 atom stereocenters. The SMILES string of the molecule is Cc1occc1-c1nnc(SCC(=O)Nc2sc3c(c2C#N)CCC(C)C3)n1-c1ccccc1. The third-order valence-corrected chi connectivity index (χ3v) is 8.05. The molecule has 7 nitrogen and oxygen atoms in total. The molecule has 3 heterocycles. The zero-order valence-electron chi connectivity index (χ0n) is 18.9. The number of fused-ring (bicyclic) bond motifs is 1. The summed E-state index contributed by atoms with van der Waals surface area (Å²) in [6, 6.07) is 14.0. The van der Waals surface area contributed by atoms with Crippen LogP contribution in [0.1, 0.15) is 35.1 Å². The fourth-order valence-corrected chi connectivity index (χ4v) is 6.34. The van der Waals surface area contributed by atoms with Gasteiger partial charge in [-0.1, -0.05) is 36.9 Å². The second kappa shape index (κ2) is 9.49. The molecule has 0 saturated carbocycles. The van der Waals surface area contributed by atoms with Crippen molar-refractivity contribution in [3.63, 3.8) is 0 Å². The van der Waals surface area contributed by atoms with Crippen molar-refractivity contribution in [3.8, 4) is 23.1 Å². The number of hydrogen-bond acceptors (Lipinski definition) is 7. The first-order valence-electron chi connectivity index (χ1n) is 11.1. The Bertz CT molecular complexity index is 1380. The Morgan fingerprint density at radius 2 is 2.15 bits per heavy atom. The number of aromatic nitrogens is 3. The highest BCUT2D eigenvalue weighted by atomic mass is 32.2. The van der Waals surface area contributed by atoms with E-state index in [0.717, 1.165) is 41.8 Å². The van der Waals surface area contributed by atoms with E-state index in [4.69, 9.17) is 4.42 Å². The number of carbonyl (C=O) groups is 1. The van der Waals surface area contributed by atoms with Crippen molar-refractivity contribution in [1.82, 2.24) is 14.8 Å². The van der Waals surface area contributed by atoms with Crippen LogP contribution < -0.4 is 5.32 Å². The van der Waals surface area contributed by atoms with Gasteiger partial charge in [0.25, 0.3) is 0 Å². The molecule has 1 amide bonds. The summed E-state index contributed by atoms with van der Waals surface area (Å²) in [6.07, 6.45) is 4.57. The van der Waals surface area contributed by atoms with Crippen LogP contribution in [0.15, 0.2) is 52.2 Å². The molecule has 5 rings (SSSR count). The zero-order chi connectivity index (χ0) is 23.7. The summed E-state index contributed by atoms with van der Waals surface area (Å²) in [5.41, 5.74) is 3.48. The first-order valence-corrected chi connectivity index (χ1v) is 12.9. The van der Waals surface area contributed by atoms with Gasteiger partial charge in [-0.15, -0.1) is 21.5 Å². The molecule has 1 aliphatic carbocycles. The van der Waals surface area contributed by atoms with Crippen molar-refractivity contribution in [2.24, 2.45) is 5.92 Å². The van der Waals surface area contributed by atoms with Gasteiger partial charge in [-0.05, 0) is 55.9 Å². The van der Waals surface area contributed by atoms with Gasteiger partial charge in [-0.25, -0.2) is 0 Å². The molecule has 0 aliphatic heterocycles. The van der Waals surface area contributed by atoms with E-state index >= 15 is 0 Å². The fourth-order valence-electron chi connectivity index (χ4n) is 4.21. The lowest BCUT2D eigenvalue weighted by molar-refractivity contribution is -0.113. The van der Waals surface area contributed by atoms with Gasteiger partial charge in [0.15, 0.2) is 11.0 Å². The molecular weight excluding hydrogens is 466 g/mol. The minimum atomic E-state index is -0.170. The van der Waals surface area contributed by atoms with Crippen molar-refractivity contribution >= 4 is 34.0 Å². The molecule has 1 aromatic carbocycles. The molecule has 0 radical (unpaired) electrons. The highest BCUT2D eigenvalue weighted by molar-refractivity contribution is 7.99. The maximum atomic E-state index is 12.9. The van der Waals surface area contributed by atoms with Gasteiger partial charge >= 0.3 is 0 Å². The Hall–Kier alpha value is -3.35. The second-order valence-electron chi connectivity index (χ2n) is 8.37. The van der Waals surface area contributed by atoms with E-state index in [1.807, 2.05) is 47.9 Å². The smallest absolute Gasteiger partial charge is 0.235 e. The summed E-state index contributed by atoms with van der Waals surface area (Å²) >= 11 is 2.85. The van der Waals surface area contributed by atoms with E-state index in [-0.39, 0.29) is 11.7 Å². The topological polar surface area (TPSA) is 96.7 Å². The van der Waals surface area contributed by atoms with E-state index in [9.17, 15) is 10.1 Å². The van der Waals surface area contributed by atoms with Gasteiger partial charge in [-0.3, -0.25) is 9.36 Å². The van der Waals surface area contributed by atoms with Crippen LogP contribution in [0.25, 0.3) is 17.1 Å². The molecule has 34 heavy (non-hydrogen) atoms. The number of rotatable bonds is 6. The van der Waals surface area contributed by atoms with Crippen molar-refractivity contribution in [2.45, 2.75) is 38.3 Å². The normalized spacial score (nSPS) is 15.0. The predicted octanol–water partition coefficient (Wildman–Crippen LogP) is 5.62. The highest BCUT2D eigenvalue weighted by Gasteiger charge is 2.25. The van der Waals surface area contributed by atoms with E-state index in [2.05, 4.69) is 28.5 Å². The number of thioether (sulfide) groups is 1. The van der Waals surface area contributed by atoms with Crippen LogP contribution in [0.5, 0.6) is 0 Å². The van der Waals surface area contributed by atoms with Crippen molar-refractivity contribution in [3.05, 3.63) is 64.4 Å². The average molecular weight is 490 g/mol. The van der Waals surface area contributed by atoms with Gasteiger partial charge in [0.05, 0.1) is 23.1 Å². The molecule has 1 unspecified atom stereocenters. The van der Waals surface area contributed by atoms with Gasteiger partial charge < -0.3 is 9.73 Å². The molecular formula is C25H23N5O2S2. The van der Waals surface area contributed by atoms with Crippen molar-refractivity contribution in [1.29, 1.82) is 5.26 Å². The largest absolute Gasteiger partial charge is 0.469 e. The van der Waals surface area contributed by atoms with E-state index in [1.54, 1.807) is 6.26 Å². The minimum Gasteiger partial charge on any atom is -0.469 e. The number of anilines is 1. The Morgan fingerprint density at radius 1 is 1.32 bits per heavy atom. The number of hydrogen-bond donors (Lipinski definition) is 1. The number of furan rings is 1. The number of amides is 1. The molecule has 0 bridgehead atoms. The molecule has 4 aromatic rings. The minimum absolute atomic E-state index is 0.152. The average Bonchev–Trinajstić information content (AvgIpc) is 3.53. The quantitative estimate of drug-likeness (QED) is 0.353. The van der Waals surface area contributed by atoms with Crippen LogP contribution in [0.4, 0.5) is 5.00 Å². The summed E-state index contributed by atoms with van der Waals surface area (Å²) in [4.78, 5) is 14.1. The zero-order valence-corrected chi connectivity index (χ0v) is 20.5. The van der Waals surface area contributed by atoms with Crippen molar-refractivity contribution < 1.29 is 9.21 Å². The second-order valence-corrected chi connectivity index (χ2v) is 10.4. The number of thiophene rings is 1. The van der Waals surface area contributed by atoms with Gasteiger partial charge in [0.2, 0.25) is 5.91 Å². The molecule has 1 N–H and O–H groups in total. The summed E-state index contributed by atoms with van der Waals surface area (Å²) < 4.78 is 7.40. The number of aryl methyl sites for hydroxylation is 1. The number of benzene rings is 1. The van der Waals surface area contributed by atoms with Crippen LogP contribution in [0, 0.1) is 24.2 Å². The molecule has 1 aliphatic rings. The lowest BCUT2D eigenvalue weighted by atomic mass is 9.89. The highest BCUT2D eigenvalue weighted by Crippen LogP contribution is 2.39. The first kappa shape index (κ1) is 22.4. The number of nitriles is 1. The number of carbonyl (C=O) groups excluding carboxylic acids is 1. The fraction of sp³-hybridized carbons (Fsp3) is 0.280. The summed E-state index contributed by atoms with van der Waals surface area (Å²) in [5.74, 6) is 2.00. The number of para-hydroxylation sites is 1. The van der Waals surface area contributed by atoms with Crippen LogP contribution in [0.2, 0.25) is 0 Å². The Labute approximate surface area is 205 Å². The lowest BCUT2D eigenvalue weighted by Crippen LogP contribution is -2.14. The van der Waals surface area contributed by atoms with Crippen LogP contribution in [0.3, 0.4) is 0 Å². The van der Waals surface area contributed by atoms with E-state index in [0.29, 0.717) is 27.5 Å². The van der Waals surface area contributed by atoms with Crippen LogP contribution in [-0.4, -0.2) is 26.4 Å². The maximum absolute atomic E-state index is 12.9. The Morgan fingerprint density at radius 3 is 2.88 bits per heavy atom. The molecule has 0 spiro atoms. The standard InChI is InChI=1S/C25H23N5O2S2/c1-15-8-9-19-20(13-26)24(34-21(19)12-15)27-22(31)14-33-25-29-28-23(18-10-11-32-16(18)2)30(25)17-6-4-3-5-7-17/h3-7,10-11,15H,8-9,12,14H2,1-2H3,(H,27,31). The summed E-state index contributed by atoms with van der Waals surface area (Å²) in [6.45, 7) is 4.11. The predicted molar refractivity (Wildman–Crippen MR) is 133 cm³/mol. The molecule has 0 fully saturated rings. The Kier molecular flexibility index (Phi) is 6.26. The summed E-state index contributed by atoms with van der Waals surface area (Å²) in [5, 5.41) is 22.7. The van der Waals surface area contributed by atoms with Crippen molar-refractivity contribution in [2.75, 3.05) is 11.1 Å². The third kappa shape index (κ3) is 4.27. The number of nitrogens with one attached hydrogen (secondary N) is 1. The monoisotopic (exact) mass is 489 g/mol. The van der Waals surface area contributed by atoms with Gasteiger partial charge in [-0.2, -0.15) is 5.26 Å². The molecule has 3 aromatic heterocycles. The van der Waals surface area contributed by atoms with Crippen LogP contribution >= 0.6 is 23.1 Å². The van der Waals surface area contributed by atoms with E-state index in [1.165, 1.54) is 28.0 Å². The third-order valence-electron chi connectivity index (χ3n) is 5.96. The lowest BCUT2D eigenvalue weighted by Gasteiger charge is -2.17. The first-order chi connectivity index (χ1) is 16.5. The van der Waals surface area contributed by atoms with Gasteiger partial charge in [0, 0.05) is 10.6 Å². The number of nitrogens with zero attached hydrogens (tertiary/aromatic N) is 4. The molecule has 172 valence electrons. The molecule has 0 saturated heterocycles. The van der Waals surface area contributed by atoms with E-state index < -0.39 is 0 Å². The Balaban J connectivity index is 1.37. The van der Waals surface area contributed by atoms with Gasteiger partial charge in [0.1, 0.15) is 16.8 Å². The van der Waals surface area contributed by atoms with Crippen LogP contribution in [-0.2, 0) is 17.6 Å². The maximum Gasteiger partial charge on any atom is 0.235 e. The molecule has 9 heteroatoms.